The van der Waals surface area contributed by atoms with Gasteiger partial charge in [0.05, 0.1) is 11.4 Å². The zero-order chi connectivity index (χ0) is 17.0. The van der Waals surface area contributed by atoms with Gasteiger partial charge >= 0.3 is 0 Å². The van der Waals surface area contributed by atoms with Crippen molar-refractivity contribution in [3.63, 3.8) is 0 Å². The third-order valence-electron chi connectivity index (χ3n) is 3.84. The molecular formula is C15H22Cl2N2O4S. The molecule has 0 aliphatic carbocycles. The molecule has 0 saturated carbocycles. The molecule has 0 spiro atoms. The summed E-state index contributed by atoms with van der Waals surface area (Å²) in [6.07, 6.45) is 1.15. The molecule has 1 fully saturated rings. The first kappa shape index (κ1) is 21.0. The molecule has 0 bridgehead atoms. The second-order valence-corrected chi connectivity index (χ2v) is 8.51. The van der Waals surface area contributed by atoms with Crippen LogP contribution in [0.25, 0.3) is 0 Å². The quantitative estimate of drug-likeness (QED) is 0.735. The predicted molar refractivity (Wildman–Crippen MR) is 98.1 cm³/mol. The number of sulfone groups is 1. The molecular weight excluding hydrogens is 375 g/mol. The normalized spacial score (nSPS) is 15.8. The summed E-state index contributed by atoms with van der Waals surface area (Å²) < 4.78 is 27.8. The first-order chi connectivity index (χ1) is 10.8. The van der Waals surface area contributed by atoms with Gasteiger partial charge in [-0.05, 0) is 37.2 Å². The molecule has 0 radical (unpaired) electrons. The van der Waals surface area contributed by atoms with Crippen LogP contribution < -0.4 is 15.4 Å². The number of halogens is 2. The van der Waals surface area contributed by atoms with Crippen molar-refractivity contribution in [1.82, 2.24) is 5.32 Å². The van der Waals surface area contributed by atoms with E-state index in [-0.39, 0.29) is 36.6 Å². The summed E-state index contributed by atoms with van der Waals surface area (Å²) >= 11 is 5.97. The molecule has 2 N–H and O–H groups in total. The molecule has 2 rings (SSSR count). The van der Waals surface area contributed by atoms with E-state index >= 15 is 0 Å². The van der Waals surface area contributed by atoms with Crippen LogP contribution in [0.15, 0.2) is 18.2 Å². The van der Waals surface area contributed by atoms with Gasteiger partial charge in [-0.25, -0.2) is 8.42 Å². The highest BCUT2D eigenvalue weighted by atomic mass is 35.5. The highest BCUT2D eigenvalue weighted by Gasteiger charge is 2.29. The molecule has 1 saturated heterocycles. The van der Waals surface area contributed by atoms with Crippen LogP contribution in [0.5, 0.6) is 5.75 Å². The molecule has 136 valence electrons. The number of amides is 1. The average molecular weight is 397 g/mol. The number of ether oxygens (including phenoxy) is 1. The molecule has 6 nitrogen and oxygen atoms in total. The van der Waals surface area contributed by atoms with Gasteiger partial charge in [-0.1, -0.05) is 18.5 Å². The Hall–Kier alpha value is -1.02. The maximum Gasteiger partial charge on any atom is 0.227 e. The molecule has 1 aliphatic heterocycles. The van der Waals surface area contributed by atoms with Crippen LogP contribution in [-0.4, -0.2) is 46.0 Å². The molecule has 1 aromatic rings. The van der Waals surface area contributed by atoms with Crippen molar-refractivity contribution in [2.75, 3.05) is 37.0 Å². The summed E-state index contributed by atoms with van der Waals surface area (Å²) in [5.41, 5.74) is 0.454. The van der Waals surface area contributed by atoms with Crippen molar-refractivity contribution in [1.29, 1.82) is 0 Å². The van der Waals surface area contributed by atoms with Crippen molar-refractivity contribution >= 4 is 45.4 Å². The van der Waals surface area contributed by atoms with E-state index in [2.05, 4.69) is 10.6 Å². The van der Waals surface area contributed by atoms with E-state index in [1.165, 1.54) is 0 Å². The molecule has 1 heterocycles. The van der Waals surface area contributed by atoms with E-state index in [0.717, 1.165) is 19.3 Å². The summed E-state index contributed by atoms with van der Waals surface area (Å²) in [4.78, 5) is 12.3. The highest BCUT2D eigenvalue weighted by molar-refractivity contribution is 7.90. The maximum atomic E-state index is 12.3. The standard InChI is InChI=1S/C15H21ClN2O4S.ClH/c1-10(11-8-17-9-11)15(19)18-13-7-12(16)3-4-14(13)22-5-6-23(2,20)21;/h3-4,7,10-11,17H,5-6,8-9H2,1-2H3,(H,18,19);1H. The first-order valence-electron chi connectivity index (χ1n) is 7.38. The zero-order valence-electron chi connectivity index (χ0n) is 13.5. The Balaban J connectivity index is 0.00000288. The van der Waals surface area contributed by atoms with Crippen LogP contribution in [-0.2, 0) is 14.6 Å². The van der Waals surface area contributed by atoms with Gasteiger partial charge in [0, 0.05) is 17.2 Å². The number of rotatable bonds is 7. The number of nitrogens with one attached hydrogen (secondary N) is 2. The first-order valence-corrected chi connectivity index (χ1v) is 9.82. The number of anilines is 1. The summed E-state index contributed by atoms with van der Waals surface area (Å²) in [5, 5.41) is 6.43. The van der Waals surface area contributed by atoms with E-state index < -0.39 is 9.84 Å². The number of hydrogen-bond donors (Lipinski definition) is 2. The fourth-order valence-electron chi connectivity index (χ4n) is 2.15. The summed E-state index contributed by atoms with van der Waals surface area (Å²) in [7, 11) is -3.10. The topological polar surface area (TPSA) is 84.5 Å². The Bertz CT molecular complexity index is 678. The van der Waals surface area contributed by atoms with E-state index in [1.54, 1.807) is 18.2 Å². The van der Waals surface area contributed by atoms with Crippen LogP contribution in [0.1, 0.15) is 6.92 Å². The molecule has 1 aromatic carbocycles. The lowest BCUT2D eigenvalue weighted by atomic mass is 9.88. The minimum atomic E-state index is -3.10. The third kappa shape index (κ3) is 6.12. The Labute approximate surface area is 153 Å². The Morgan fingerprint density at radius 3 is 2.67 bits per heavy atom. The Morgan fingerprint density at radius 1 is 1.46 bits per heavy atom. The molecule has 1 atom stereocenters. The van der Waals surface area contributed by atoms with Crippen LogP contribution in [0.4, 0.5) is 5.69 Å². The van der Waals surface area contributed by atoms with Gasteiger partial charge in [-0.15, -0.1) is 12.4 Å². The van der Waals surface area contributed by atoms with Crippen molar-refractivity contribution in [3.05, 3.63) is 23.2 Å². The number of benzene rings is 1. The largest absolute Gasteiger partial charge is 0.490 e. The van der Waals surface area contributed by atoms with Crippen LogP contribution in [0.3, 0.4) is 0 Å². The summed E-state index contributed by atoms with van der Waals surface area (Å²) in [6, 6.07) is 4.85. The van der Waals surface area contributed by atoms with Crippen LogP contribution in [0.2, 0.25) is 5.02 Å². The molecule has 0 aromatic heterocycles. The molecule has 24 heavy (non-hydrogen) atoms. The summed E-state index contributed by atoms with van der Waals surface area (Å²) in [6.45, 7) is 3.57. The van der Waals surface area contributed by atoms with Crippen molar-refractivity contribution < 1.29 is 17.9 Å². The van der Waals surface area contributed by atoms with Crippen molar-refractivity contribution in [3.8, 4) is 5.75 Å². The SMILES string of the molecule is CC(C(=O)Nc1cc(Cl)ccc1OCCS(C)(=O)=O)C1CNC1.Cl. The third-order valence-corrected chi connectivity index (χ3v) is 4.99. The van der Waals surface area contributed by atoms with Gasteiger partial charge < -0.3 is 15.4 Å². The van der Waals surface area contributed by atoms with Gasteiger partial charge in [0.2, 0.25) is 5.91 Å². The molecule has 1 unspecified atom stereocenters. The van der Waals surface area contributed by atoms with Gasteiger partial charge in [0.25, 0.3) is 0 Å². The van der Waals surface area contributed by atoms with Gasteiger partial charge in [-0.3, -0.25) is 4.79 Å². The Kier molecular flexibility index (Phi) is 7.79. The number of carbonyl (C=O) groups is 1. The minimum Gasteiger partial charge on any atom is -0.490 e. The van der Waals surface area contributed by atoms with E-state index in [1.807, 2.05) is 6.92 Å². The van der Waals surface area contributed by atoms with Crippen LogP contribution >= 0.6 is 24.0 Å². The molecule has 1 amide bonds. The number of hydrogen-bond acceptors (Lipinski definition) is 5. The second kappa shape index (κ2) is 8.89. The van der Waals surface area contributed by atoms with E-state index in [9.17, 15) is 13.2 Å². The average Bonchev–Trinajstić information content (AvgIpc) is 2.37. The van der Waals surface area contributed by atoms with Crippen LogP contribution in [0, 0.1) is 11.8 Å². The van der Waals surface area contributed by atoms with Gasteiger partial charge in [-0.2, -0.15) is 0 Å². The zero-order valence-corrected chi connectivity index (χ0v) is 15.9. The fraction of sp³-hybridized carbons (Fsp3) is 0.533. The van der Waals surface area contributed by atoms with E-state index in [4.69, 9.17) is 16.3 Å². The predicted octanol–water partition coefficient (Wildman–Crippen LogP) is 1.98. The van der Waals surface area contributed by atoms with Crippen molar-refractivity contribution in [2.24, 2.45) is 11.8 Å². The van der Waals surface area contributed by atoms with Crippen molar-refractivity contribution in [2.45, 2.75) is 6.92 Å². The van der Waals surface area contributed by atoms with Gasteiger partial charge in [0.1, 0.15) is 12.4 Å². The summed E-state index contributed by atoms with van der Waals surface area (Å²) in [5.74, 6) is 0.410. The smallest absolute Gasteiger partial charge is 0.227 e. The molecule has 9 heteroatoms. The Morgan fingerprint density at radius 2 is 2.12 bits per heavy atom. The minimum absolute atomic E-state index is 0. The van der Waals surface area contributed by atoms with Gasteiger partial charge in [0.15, 0.2) is 9.84 Å². The lowest BCUT2D eigenvalue weighted by Gasteiger charge is -2.31. The van der Waals surface area contributed by atoms with E-state index in [0.29, 0.717) is 22.4 Å². The highest BCUT2D eigenvalue weighted by Crippen LogP contribution is 2.29. The lowest BCUT2D eigenvalue weighted by Crippen LogP contribution is -2.48. The lowest BCUT2D eigenvalue weighted by molar-refractivity contribution is -0.121. The number of carbonyl (C=O) groups excluding carboxylic acids is 1. The maximum absolute atomic E-state index is 12.3. The second-order valence-electron chi connectivity index (χ2n) is 5.82. The monoisotopic (exact) mass is 396 g/mol. The fourth-order valence-corrected chi connectivity index (χ4v) is 2.71. The molecule has 1 aliphatic rings.